The van der Waals surface area contributed by atoms with Crippen LogP contribution in [0.15, 0.2) is 40.8 Å². The first kappa shape index (κ1) is 11.9. The lowest BCUT2D eigenvalue weighted by Crippen LogP contribution is -1.82. The van der Waals surface area contributed by atoms with E-state index in [9.17, 15) is 0 Å². The topological polar surface area (TPSA) is 48.2 Å². The molecule has 0 aliphatic carbocycles. The van der Waals surface area contributed by atoms with Gasteiger partial charge in [-0.1, -0.05) is 11.3 Å². The maximum Gasteiger partial charge on any atom is 0.183 e. The van der Waals surface area contributed by atoms with Crippen molar-refractivity contribution in [3.8, 4) is 27.1 Å². The fourth-order valence-electron chi connectivity index (χ4n) is 1.72. The van der Waals surface area contributed by atoms with Crippen LogP contribution in [0.5, 0.6) is 5.75 Å². The van der Waals surface area contributed by atoms with Crippen molar-refractivity contribution in [3.63, 3.8) is 0 Å². The normalized spacial score (nSPS) is 10.6. The summed E-state index contributed by atoms with van der Waals surface area (Å²) in [4.78, 5) is 0. The second-order valence-corrected chi connectivity index (χ2v) is 5.03. The van der Waals surface area contributed by atoms with Crippen molar-refractivity contribution in [3.05, 3.63) is 42.2 Å². The van der Waals surface area contributed by atoms with E-state index in [1.807, 2.05) is 43.3 Å². The third-order valence-electron chi connectivity index (χ3n) is 2.71. The number of aromatic nitrogens is 2. The summed E-state index contributed by atoms with van der Waals surface area (Å²) in [7, 11) is 1.65. The molecule has 0 spiro atoms. The number of rotatable bonds is 3. The molecule has 19 heavy (non-hydrogen) atoms. The zero-order valence-electron chi connectivity index (χ0n) is 10.6. The second-order valence-electron chi connectivity index (χ2n) is 4.05. The molecule has 0 N–H and O–H groups in total. The van der Waals surface area contributed by atoms with E-state index in [0.29, 0.717) is 0 Å². The van der Waals surface area contributed by atoms with Crippen LogP contribution in [0.1, 0.15) is 5.76 Å². The van der Waals surface area contributed by atoms with Crippen molar-refractivity contribution < 1.29 is 9.15 Å². The fourth-order valence-corrected chi connectivity index (χ4v) is 2.53. The smallest absolute Gasteiger partial charge is 0.183 e. The van der Waals surface area contributed by atoms with Crippen LogP contribution in [0.4, 0.5) is 0 Å². The molecule has 96 valence electrons. The van der Waals surface area contributed by atoms with Gasteiger partial charge in [-0.05, 0) is 43.3 Å². The van der Waals surface area contributed by atoms with Gasteiger partial charge in [-0.15, -0.1) is 10.2 Å². The monoisotopic (exact) mass is 272 g/mol. The number of benzene rings is 1. The van der Waals surface area contributed by atoms with Crippen LogP contribution in [-0.4, -0.2) is 17.3 Å². The first-order valence-corrected chi connectivity index (χ1v) is 6.62. The molecule has 0 unspecified atom stereocenters. The molecule has 0 aliphatic heterocycles. The van der Waals surface area contributed by atoms with Gasteiger partial charge in [-0.2, -0.15) is 0 Å². The summed E-state index contributed by atoms with van der Waals surface area (Å²) in [5.41, 5.74) is 1.02. The number of furan rings is 1. The summed E-state index contributed by atoms with van der Waals surface area (Å²) in [5.74, 6) is 2.46. The molecule has 2 heterocycles. The Morgan fingerprint density at radius 2 is 1.74 bits per heavy atom. The van der Waals surface area contributed by atoms with Gasteiger partial charge in [-0.3, -0.25) is 0 Å². The van der Waals surface area contributed by atoms with Gasteiger partial charge in [0.15, 0.2) is 10.8 Å². The molecular formula is C14H12N2O2S. The Bertz CT molecular complexity index is 686. The molecule has 1 aromatic carbocycles. The van der Waals surface area contributed by atoms with E-state index in [0.717, 1.165) is 32.8 Å². The highest BCUT2D eigenvalue weighted by molar-refractivity contribution is 7.17. The van der Waals surface area contributed by atoms with Gasteiger partial charge in [0.1, 0.15) is 16.5 Å². The van der Waals surface area contributed by atoms with Gasteiger partial charge < -0.3 is 9.15 Å². The summed E-state index contributed by atoms with van der Waals surface area (Å²) in [6.45, 7) is 1.91. The van der Waals surface area contributed by atoms with Gasteiger partial charge >= 0.3 is 0 Å². The molecule has 3 rings (SSSR count). The van der Waals surface area contributed by atoms with Crippen molar-refractivity contribution >= 4 is 11.3 Å². The van der Waals surface area contributed by atoms with Crippen LogP contribution in [0.3, 0.4) is 0 Å². The van der Waals surface area contributed by atoms with E-state index in [1.165, 1.54) is 11.3 Å². The van der Waals surface area contributed by atoms with Crippen LogP contribution in [0, 0.1) is 6.92 Å². The van der Waals surface area contributed by atoms with E-state index < -0.39 is 0 Å². The molecule has 4 nitrogen and oxygen atoms in total. The van der Waals surface area contributed by atoms with Crippen LogP contribution < -0.4 is 4.74 Å². The molecule has 0 amide bonds. The molecular weight excluding hydrogens is 260 g/mol. The molecule has 0 radical (unpaired) electrons. The lowest BCUT2D eigenvalue weighted by atomic mass is 10.2. The average Bonchev–Trinajstić information content (AvgIpc) is 3.07. The zero-order valence-corrected chi connectivity index (χ0v) is 11.4. The van der Waals surface area contributed by atoms with Crippen molar-refractivity contribution in [2.75, 3.05) is 7.11 Å². The summed E-state index contributed by atoms with van der Waals surface area (Å²) in [6, 6.07) is 11.6. The maximum atomic E-state index is 5.54. The highest BCUT2D eigenvalue weighted by Gasteiger charge is 2.11. The van der Waals surface area contributed by atoms with Crippen LogP contribution in [-0.2, 0) is 0 Å². The van der Waals surface area contributed by atoms with Crippen molar-refractivity contribution in [1.29, 1.82) is 0 Å². The average molecular weight is 272 g/mol. The maximum absolute atomic E-state index is 5.54. The van der Waals surface area contributed by atoms with Crippen LogP contribution in [0.2, 0.25) is 0 Å². The zero-order chi connectivity index (χ0) is 13.2. The lowest BCUT2D eigenvalue weighted by molar-refractivity contribution is 0.415. The minimum absolute atomic E-state index is 0.759. The molecule has 2 aromatic heterocycles. The van der Waals surface area contributed by atoms with Crippen molar-refractivity contribution in [2.45, 2.75) is 6.92 Å². The number of methoxy groups -OCH3 is 1. The second kappa shape index (κ2) is 4.85. The summed E-state index contributed by atoms with van der Waals surface area (Å²) >= 11 is 1.51. The molecule has 5 heteroatoms. The number of aryl methyl sites for hydroxylation is 1. The standard InChI is InChI=1S/C14H12N2O2S/c1-9-3-8-12(18-9)14-16-15-13(19-14)10-4-6-11(17-2)7-5-10/h3-8H,1-2H3. The van der Waals surface area contributed by atoms with E-state index in [2.05, 4.69) is 10.2 Å². The highest BCUT2D eigenvalue weighted by Crippen LogP contribution is 2.31. The molecule has 0 saturated heterocycles. The van der Waals surface area contributed by atoms with Gasteiger partial charge in [0, 0.05) is 5.56 Å². The molecule has 3 aromatic rings. The number of nitrogens with zero attached hydrogens (tertiary/aromatic N) is 2. The van der Waals surface area contributed by atoms with Gasteiger partial charge in [0.2, 0.25) is 0 Å². The predicted molar refractivity (Wildman–Crippen MR) is 74.3 cm³/mol. The fraction of sp³-hybridized carbons (Fsp3) is 0.143. The minimum Gasteiger partial charge on any atom is -0.497 e. The summed E-state index contributed by atoms with van der Waals surface area (Å²) < 4.78 is 10.7. The molecule has 0 atom stereocenters. The summed E-state index contributed by atoms with van der Waals surface area (Å²) in [6.07, 6.45) is 0. The summed E-state index contributed by atoms with van der Waals surface area (Å²) in [5, 5.41) is 10.0. The van der Waals surface area contributed by atoms with Gasteiger partial charge in [0.05, 0.1) is 7.11 Å². The molecule has 0 saturated carbocycles. The predicted octanol–water partition coefficient (Wildman–Crippen LogP) is 3.78. The number of ether oxygens (including phenoxy) is 1. The first-order chi connectivity index (χ1) is 9.26. The van der Waals surface area contributed by atoms with E-state index in [-0.39, 0.29) is 0 Å². The van der Waals surface area contributed by atoms with Gasteiger partial charge in [-0.25, -0.2) is 0 Å². The molecule has 0 bridgehead atoms. The number of hydrogen-bond donors (Lipinski definition) is 0. The van der Waals surface area contributed by atoms with E-state index in [4.69, 9.17) is 9.15 Å². The van der Waals surface area contributed by atoms with E-state index in [1.54, 1.807) is 7.11 Å². The highest BCUT2D eigenvalue weighted by atomic mass is 32.1. The third-order valence-corrected chi connectivity index (χ3v) is 3.70. The Balaban J connectivity index is 1.91. The minimum atomic E-state index is 0.759. The van der Waals surface area contributed by atoms with Crippen molar-refractivity contribution in [1.82, 2.24) is 10.2 Å². The first-order valence-electron chi connectivity index (χ1n) is 5.81. The quantitative estimate of drug-likeness (QED) is 0.728. The van der Waals surface area contributed by atoms with E-state index >= 15 is 0 Å². The van der Waals surface area contributed by atoms with Gasteiger partial charge in [0.25, 0.3) is 0 Å². The Labute approximate surface area is 114 Å². The number of hydrogen-bond acceptors (Lipinski definition) is 5. The Hall–Kier alpha value is -2.14. The molecule has 0 aliphatic rings. The Morgan fingerprint density at radius 3 is 2.37 bits per heavy atom. The largest absolute Gasteiger partial charge is 0.497 e. The Morgan fingerprint density at radius 1 is 1.00 bits per heavy atom. The van der Waals surface area contributed by atoms with Crippen LogP contribution >= 0.6 is 11.3 Å². The Kier molecular flexibility index (Phi) is 3.05. The lowest BCUT2D eigenvalue weighted by Gasteiger charge is -1.99. The van der Waals surface area contributed by atoms with Crippen molar-refractivity contribution in [2.24, 2.45) is 0 Å². The SMILES string of the molecule is COc1ccc(-c2nnc(-c3ccc(C)o3)s2)cc1. The third kappa shape index (κ3) is 2.37. The molecule has 0 fully saturated rings. The van der Waals surface area contributed by atoms with Crippen LogP contribution in [0.25, 0.3) is 21.3 Å².